The molecule has 0 amide bonds. The predicted molar refractivity (Wildman–Crippen MR) is 233 cm³/mol. The molecule has 10 aromatic rings. The number of allylic oxidation sites excluding steroid dienone is 4. The van der Waals surface area contributed by atoms with Crippen molar-refractivity contribution >= 4 is 64.6 Å². The molecule has 3 heterocycles. The summed E-state index contributed by atoms with van der Waals surface area (Å²) in [5, 5.41) is 4.88. The van der Waals surface area contributed by atoms with Crippen LogP contribution in [-0.4, -0.2) is 15.0 Å². The molecule has 1 aliphatic carbocycles. The molecule has 0 atom stereocenters. The van der Waals surface area contributed by atoms with Gasteiger partial charge < -0.3 is 4.42 Å². The smallest absolute Gasteiger partial charge is 0.164 e. The highest BCUT2D eigenvalue weighted by atomic mass is 32.1. The molecule has 0 bridgehead atoms. The number of rotatable bonds is 6. The Labute approximate surface area is 327 Å². The molecular weight excluding hydrogens is 703 g/mol. The first-order chi connectivity index (χ1) is 27.7. The van der Waals surface area contributed by atoms with Gasteiger partial charge in [-0.05, 0) is 71.0 Å². The molecule has 5 heteroatoms. The van der Waals surface area contributed by atoms with Crippen molar-refractivity contribution in [1.29, 1.82) is 0 Å². The van der Waals surface area contributed by atoms with Gasteiger partial charge in [0.15, 0.2) is 17.5 Å². The third kappa shape index (κ3) is 5.72. The molecule has 0 saturated carbocycles. The lowest BCUT2D eigenvalue weighted by atomic mass is 9.92. The Balaban J connectivity index is 0.923. The SMILES string of the molecule is C1=C(c2ccc3c(c2)oc2c(-c4ccc(-c5ccc6c(c5)sc5ccccc56)cc4)cccc23)CCC=C1c1nc(-c2ccccc2)nc(-c2ccccc2)n1. The molecule has 264 valence electrons. The highest BCUT2D eigenvalue weighted by Crippen LogP contribution is 2.40. The molecule has 0 N–H and O–H groups in total. The third-order valence-corrected chi connectivity index (χ3v) is 12.0. The van der Waals surface area contributed by atoms with E-state index in [1.54, 1.807) is 0 Å². The second-order valence-electron chi connectivity index (χ2n) is 14.3. The largest absolute Gasteiger partial charge is 0.455 e. The Bertz CT molecular complexity index is 3120. The molecule has 0 spiro atoms. The number of nitrogens with zero attached hydrogens (tertiary/aromatic N) is 3. The van der Waals surface area contributed by atoms with E-state index in [1.807, 2.05) is 72.0 Å². The Morgan fingerprint density at radius 3 is 1.86 bits per heavy atom. The lowest BCUT2D eigenvalue weighted by molar-refractivity contribution is 0.670. The first-order valence-electron chi connectivity index (χ1n) is 19.0. The molecule has 1 aliphatic rings. The second kappa shape index (κ2) is 13.4. The van der Waals surface area contributed by atoms with E-state index in [2.05, 4.69) is 115 Å². The number of hydrogen-bond acceptors (Lipinski definition) is 5. The molecule has 0 saturated heterocycles. The molecule has 3 aromatic heterocycles. The van der Waals surface area contributed by atoms with Crippen LogP contribution in [0.3, 0.4) is 0 Å². The predicted octanol–water partition coefficient (Wildman–Crippen LogP) is 14.1. The first-order valence-corrected chi connectivity index (χ1v) is 19.8. The van der Waals surface area contributed by atoms with Crippen LogP contribution in [0.15, 0.2) is 180 Å². The molecule has 4 nitrogen and oxygen atoms in total. The number of furan rings is 1. The first kappa shape index (κ1) is 32.5. The summed E-state index contributed by atoms with van der Waals surface area (Å²) in [6, 6.07) is 57.7. The van der Waals surface area contributed by atoms with Gasteiger partial charge in [0, 0.05) is 53.2 Å². The summed E-state index contributed by atoms with van der Waals surface area (Å²) in [7, 11) is 0. The standard InChI is InChI=1S/C51H33N3OS/c1-3-11-34(12-4-1)49-52-50(35-13-5-2-6-14-35)54-51(53-49)39-16-9-15-36(29-39)37-25-27-41-44-19-10-18-40(48(44)55-45(41)30-37)33-23-21-32(22-24-33)38-26-28-43-42-17-7-8-20-46(42)56-47(43)31-38/h1-8,10-14,16-31H,9,15H2. The normalized spacial score (nSPS) is 13.1. The fraction of sp³-hybridized carbons (Fsp3) is 0.0392. The van der Waals surface area contributed by atoms with Gasteiger partial charge in [0.2, 0.25) is 0 Å². The van der Waals surface area contributed by atoms with Crippen molar-refractivity contribution in [3.8, 4) is 45.0 Å². The average Bonchev–Trinajstić information content (AvgIpc) is 3.85. The van der Waals surface area contributed by atoms with Crippen molar-refractivity contribution in [3.63, 3.8) is 0 Å². The summed E-state index contributed by atoms with van der Waals surface area (Å²) in [5.41, 5.74) is 11.7. The van der Waals surface area contributed by atoms with Crippen molar-refractivity contribution in [2.75, 3.05) is 0 Å². The van der Waals surface area contributed by atoms with E-state index in [-0.39, 0.29) is 0 Å². The van der Waals surface area contributed by atoms with Crippen molar-refractivity contribution in [2.24, 2.45) is 0 Å². The molecule has 0 unspecified atom stereocenters. The van der Waals surface area contributed by atoms with Gasteiger partial charge in [-0.15, -0.1) is 11.3 Å². The van der Waals surface area contributed by atoms with Crippen molar-refractivity contribution in [1.82, 2.24) is 15.0 Å². The van der Waals surface area contributed by atoms with Crippen LogP contribution < -0.4 is 0 Å². The maximum atomic E-state index is 6.73. The Kier molecular flexibility index (Phi) is 7.78. The van der Waals surface area contributed by atoms with Crippen LogP contribution in [-0.2, 0) is 0 Å². The summed E-state index contributed by atoms with van der Waals surface area (Å²) in [5.74, 6) is 2.01. The van der Waals surface area contributed by atoms with E-state index in [0.29, 0.717) is 17.5 Å². The minimum atomic E-state index is 0.665. The second-order valence-corrected chi connectivity index (χ2v) is 15.4. The number of para-hydroxylation sites is 1. The minimum Gasteiger partial charge on any atom is -0.455 e. The Morgan fingerprint density at radius 1 is 0.446 bits per heavy atom. The number of benzene rings is 7. The molecule has 56 heavy (non-hydrogen) atoms. The average molecular weight is 736 g/mol. The number of thiophene rings is 1. The monoisotopic (exact) mass is 735 g/mol. The van der Waals surface area contributed by atoms with E-state index in [0.717, 1.165) is 68.2 Å². The summed E-state index contributed by atoms with van der Waals surface area (Å²) in [6.45, 7) is 0. The lowest BCUT2D eigenvalue weighted by Crippen LogP contribution is -2.04. The highest BCUT2D eigenvalue weighted by molar-refractivity contribution is 7.25. The van der Waals surface area contributed by atoms with Crippen LogP contribution in [0.25, 0.3) is 98.3 Å². The van der Waals surface area contributed by atoms with E-state index < -0.39 is 0 Å². The van der Waals surface area contributed by atoms with E-state index in [1.165, 1.54) is 36.9 Å². The van der Waals surface area contributed by atoms with Crippen LogP contribution in [0.4, 0.5) is 0 Å². The van der Waals surface area contributed by atoms with Gasteiger partial charge in [0.1, 0.15) is 11.2 Å². The van der Waals surface area contributed by atoms with E-state index in [9.17, 15) is 0 Å². The Morgan fingerprint density at radius 2 is 1.07 bits per heavy atom. The van der Waals surface area contributed by atoms with Gasteiger partial charge >= 0.3 is 0 Å². The zero-order chi connectivity index (χ0) is 37.0. The summed E-state index contributed by atoms with van der Waals surface area (Å²) in [6.07, 6.45) is 6.29. The van der Waals surface area contributed by atoms with Crippen LogP contribution >= 0.6 is 11.3 Å². The topological polar surface area (TPSA) is 51.8 Å². The molecule has 0 fully saturated rings. The van der Waals surface area contributed by atoms with Crippen LogP contribution in [0, 0.1) is 0 Å². The van der Waals surface area contributed by atoms with E-state index >= 15 is 0 Å². The van der Waals surface area contributed by atoms with Crippen LogP contribution in [0.5, 0.6) is 0 Å². The maximum absolute atomic E-state index is 6.73. The molecule has 0 aliphatic heterocycles. The molecule has 0 radical (unpaired) electrons. The van der Waals surface area contributed by atoms with Crippen LogP contribution in [0.2, 0.25) is 0 Å². The van der Waals surface area contributed by atoms with E-state index in [4.69, 9.17) is 19.4 Å². The quantitative estimate of drug-likeness (QED) is 0.171. The number of hydrogen-bond donors (Lipinski definition) is 0. The van der Waals surface area contributed by atoms with Crippen LogP contribution in [0.1, 0.15) is 24.2 Å². The molecule has 7 aromatic carbocycles. The third-order valence-electron chi connectivity index (χ3n) is 10.8. The van der Waals surface area contributed by atoms with Gasteiger partial charge in [-0.3, -0.25) is 0 Å². The van der Waals surface area contributed by atoms with Crippen molar-refractivity contribution < 1.29 is 4.42 Å². The fourth-order valence-corrected chi connectivity index (χ4v) is 9.14. The van der Waals surface area contributed by atoms with Crippen molar-refractivity contribution in [3.05, 3.63) is 187 Å². The highest BCUT2D eigenvalue weighted by Gasteiger charge is 2.18. The number of fused-ring (bicyclic) bond motifs is 6. The van der Waals surface area contributed by atoms with Gasteiger partial charge in [-0.1, -0.05) is 146 Å². The molecular formula is C51H33N3OS. The number of aromatic nitrogens is 3. The van der Waals surface area contributed by atoms with Gasteiger partial charge in [-0.2, -0.15) is 0 Å². The summed E-state index contributed by atoms with van der Waals surface area (Å²) >= 11 is 1.86. The maximum Gasteiger partial charge on any atom is 0.164 e. The summed E-state index contributed by atoms with van der Waals surface area (Å²) in [4.78, 5) is 14.9. The van der Waals surface area contributed by atoms with Gasteiger partial charge in [0.05, 0.1) is 0 Å². The van der Waals surface area contributed by atoms with Gasteiger partial charge in [0.25, 0.3) is 0 Å². The summed E-state index contributed by atoms with van der Waals surface area (Å²) < 4.78 is 9.37. The fourth-order valence-electron chi connectivity index (χ4n) is 8.00. The molecule has 11 rings (SSSR count). The Hall–Kier alpha value is -6.95. The lowest BCUT2D eigenvalue weighted by Gasteiger charge is -2.15. The van der Waals surface area contributed by atoms with Gasteiger partial charge in [-0.25, -0.2) is 15.0 Å². The van der Waals surface area contributed by atoms with Crippen molar-refractivity contribution in [2.45, 2.75) is 12.8 Å². The zero-order valence-electron chi connectivity index (χ0n) is 30.3. The zero-order valence-corrected chi connectivity index (χ0v) is 31.1. The minimum absolute atomic E-state index is 0.665.